The van der Waals surface area contributed by atoms with Crippen LogP contribution in [-0.4, -0.2) is 6.09 Å². The number of hydrogen-bond acceptors (Lipinski definition) is 2. The highest BCUT2D eigenvalue weighted by Crippen LogP contribution is 2.20. The molecule has 0 spiro atoms. The maximum atomic E-state index is 12.4. The van der Waals surface area contributed by atoms with Crippen molar-refractivity contribution in [2.24, 2.45) is 0 Å². The van der Waals surface area contributed by atoms with Gasteiger partial charge in [0, 0.05) is 5.56 Å². The average Bonchev–Trinajstić information content (AvgIpc) is 2.73. The lowest BCUT2D eigenvalue weighted by Crippen LogP contribution is -2.42. The van der Waals surface area contributed by atoms with Gasteiger partial charge < -0.3 is 10.1 Å². The molecule has 0 bridgehead atoms. The number of ether oxygens (including phenoxy) is 1. The van der Waals surface area contributed by atoms with Crippen molar-refractivity contribution < 1.29 is 9.53 Å². The fraction of sp³-hybridized carbons (Fsp3) is 0.125. The molecule has 3 aromatic rings. The summed E-state index contributed by atoms with van der Waals surface area (Å²) in [5.74, 6) is 6.34. The number of carbonyl (C=O) groups is 1. The van der Waals surface area contributed by atoms with Crippen molar-refractivity contribution in [1.82, 2.24) is 5.32 Å². The summed E-state index contributed by atoms with van der Waals surface area (Å²) in [6.07, 6.45) is -0.507. The van der Waals surface area contributed by atoms with E-state index in [0.717, 1.165) is 16.7 Å². The summed E-state index contributed by atoms with van der Waals surface area (Å²) in [5, 5.41) is 2.92. The number of carbonyl (C=O) groups excluding carboxylic acids is 1. The van der Waals surface area contributed by atoms with E-state index < -0.39 is 11.6 Å². The second-order valence-corrected chi connectivity index (χ2v) is 6.29. The highest BCUT2D eigenvalue weighted by molar-refractivity contribution is 5.70. The standard InChI is InChI=1S/C24H21NO2/c1-24(22-15-9-4-10-16-22,18-17-20-11-5-2-6-12-20)25-23(26)27-19-21-13-7-3-8-14-21/h2-16H,19H2,1H3,(H,25,26). The van der Waals surface area contributed by atoms with Gasteiger partial charge in [-0.25, -0.2) is 4.79 Å². The number of rotatable bonds is 4. The quantitative estimate of drug-likeness (QED) is 0.678. The first-order valence-corrected chi connectivity index (χ1v) is 8.78. The molecule has 1 unspecified atom stereocenters. The SMILES string of the molecule is CC(C#Cc1ccccc1)(NC(=O)OCc1ccccc1)c1ccccc1. The average molecular weight is 355 g/mol. The monoisotopic (exact) mass is 355 g/mol. The van der Waals surface area contributed by atoms with Gasteiger partial charge in [0.25, 0.3) is 0 Å². The predicted molar refractivity (Wildman–Crippen MR) is 107 cm³/mol. The third-order valence-electron chi connectivity index (χ3n) is 4.15. The number of amides is 1. The first-order valence-electron chi connectivity index (χ1n) is 8.78. The highest BCUT2D eigenvalue weighted by Gasteiger charge is 2.27. The molecule has 3 nitrogen and oxygen atoms in total. The Balaban J connectivity index is 1.78. The van der Waals surface area contributed by atoms with E-state index >= 15 is 0 Å². The van der Waals surface area contributed by atoms with Crippen LogP contribution in [0.1, 0.15) is 23.6 Å². The van der Waals surface area contributed by atoms with Crippen LogP contribution in [0.15, 0.2) is 91.0 Å². The zero-order valence-electron chi connectivity index (χ0n) is 15.2. The van der Waals surface area contributed by atoms with Crippen molar-refractivity contribution in [3.8, 4) is 11.8 Å². The summed E-state index contributed by atoms with van der Waals surface area (Å²) in [4.78, 5) is 12.4. The molecule has 27 heavy (non-hydrogen) atoms. The van der Waals surface area contributed by atoms with Crippen LogP contribution in [-0.2, 0) is 16.9 Å². The molecule has 0 aliphatic heterocycles. The molecular formula is C24H21NO2. The predicted octanol–water partition coefficient (Wildman–Crippen LogP) is 4.88. The highest BCUT2D eigenvalue weighted by atomic mass is 16.5. The molecule has 0 saturated heterocycles. The minimum absolute atomic E-state index is 0.212. The van der Waals surface area contributed by atoms with E-state index in [2.05, 4.69) is 17.2 Å². The molecule has 0 aliphatic rings. The summed E-state index contributed by atoms with van der Waals surface area (Å²) >= 11 is 0. The van der Waals surface area contributed by atoms with Crippen LogP contribution in [0.3, 0.4) is 0 Å². The lowest BCUT2D eigenvalue weighted by molar-refractivity contribution is 0.132. The van der Waals surface area contributed by atoms with Gasteiger partial charge >= 0.3 is 6.09 Å². The molecule has 0 saturated carbocycles. The second kappa shape index (κ2) is 8.73. The van der Waals surface area contributed by atoms with Crippen LogP contribution < -0.4 is 5.32 Å². The largest absolute Gasteiger partial charge is 0.445 e. The molecule has 1 atom stereocenters. The summed E-state index contributed by atoms with van der Waals surface area (Å²) in [7, 11) is 0. The summed E-state index contributed by atoms with van der Waals surface area (Å²) < 4.78 is 5.38. The fourth-order valence-electron chi connectivity index (χ4n) is 2.63. The number of nitrogens with one attached hydrogen (secondary N) is 1. The topological polar surface area (TPSA) is 38.3 Å². The van der Waals surface area contributed by atoms with Gasteiger partial charge in [0.05, 0.1) is 0 Å². The lowest BCUT2D eigenvalue weighted by atomic mass is 9.92. The van der Waals surface area contributed by atoms with Crippen LogP contribution in [0.2, 0.25) is 0 Å². The molecule has 0 fully saturated rings. The number of hydrogen-bond donors (Lipinski definition) is 1. The Hall–Kier alpha value is -3.51. The van der Waals surface area contributed by atoms with Crippen LogP contribution in [0.25, 0.3) is 0 Å². The van der Waals surface area contributed by atoms with Crippen molar-refractivity contribution >= 4 is 6.09 Å². The Morgan fingerprint density at radius 2 is 1.44 bits per heavy atom. The maximum Gasteiger partial charge on any atom is 0.408 e. The molecule has 0 aliphatic carbocycles. The third kappa shape index (κ3) is 5.23. The van der Waals surface area contributed by atoms with Gasteiger partial charge in [-0.2, -0.15) is 0 Å². The van der Waals surface area contributed by atoms with Crippen molar-refractivity contribution in [2.45, 2.75) is 19.1 Å². The molecular weight excluding hydrogens is 334 g/mol. The van der Waals surface area contributed by atoms with E-state index in [1.807, 2.05) is 97.9 Å². The van der Waals surface area contributed by atoms with E-state index in [1.165, 1.54) is 0 Å². The van der Waals surface area contributed by atoms with Gasteiger partial charge in [0.2, 0.25) is 0 Å². The van der Waals surface area contributed by atoms with Crippen LogP contribution >= 0.6 is 0 Å². The molecule has 3 rings (SSSR count). The van der Waals surface area contributed by atoms with Crippen LogP contribution in [0, 0.1) is 11.8 Å². The number of benzene rings is 3. The minimum atomic E-state index is -0.870. The maximum absolute atomic E-state index is 12.4. The van der Waals surface area contributed by atoms with Gasteiger partial charge in [0.15, 0.2) is 0 Å². The van der Waals surface area contributed by atoms with E-state index in [1.54, 1.807) is 0 Å². The smallest absolute Gasteiger partial charge is 0.408 e. The zero-order valence-corrected chi connectivity index (χ0v) is 15.2. The normalized spacial score (nSPS) is 12.2. The van der Waals surface area contributed by atoms with E-state index in [9.17, 15) is 4.79 Å². The summed E-state index contributed by atoms with van der Waals surface area (Å²) in [5.41, 5.74) is 1.85. The molecule has 3 heteroatoms. The summed E-state index contributed by atoms with van der Waals surface area (Å²) in [6, 6.07) is 28.9. The molecule has 1 amide bonds. The van der Waals surface area contributed by atoms with E-state index in [4.69, 9.17) is 4.74 Å². The van der Waals surface area contributed by atoms with Gasteiger partial charge in [-0.1, -0.05) is 90.7 Å². The summed E-state index contributed by atoms with van der Waals surface area (Å²) in [6.45, 7) is 2.09. The Labute approximate surface area is 160 Å². The third-order valence-corrected chi connectivity index (χ3v) is 4.15. The van der Waals surface area contributed by atoms with Crippen LogP contribution in [0.5, 0.6) is 0 Å². The Bertz CT molecular complexity index is 928. The molecule has 134 valence electrons. The van der Waals surface area contributed by atoms with Crippen LogP contribution in [0.4, 0.5) is 4.79 Å². The van der Waals surface area contributed by atoms with Crippen molar-refractivity contribution in [1.29, 1.82) is 0 Å². The first kappa shape index (κ1) is 18.3. The Morgan fingerprint density at radius 1 is 0.889 bits per heavy atom. The van der Waals surface area contributed by atoms with Crippen molar-refractivity contribution in [2.75, 3.05) is 0 Å². The van der Waals surface area contributed by atoms with E-state index in [-0.39, 0.29) is 6.61 Å². The Morgan fingerprint density at radius 3 is 2.07 bits per heavy atom. The molecule has 0 aromatic heterocycles. The molecule has 0 heterocycles. The minimum Gasteiger partial charge on any atom is -0.445 e. The van der Waals surface area contributed by atoms with Gasteiger partial charge in [0.1, 0.15) is 12.1 Å². The first-order chi connectivity index (χ1) is 13.2. The number of alkyl carbamates (subject to hydrolysis) is 1. The molecule has 0 radical (unpaired) electrons. The van der Waals surface area contributed by atoms with Gasteiger partial charge in [-0.15, -0.1) is 0 Å². The zero-order chi connectivity index (χ0) is 19.0. The van der Waals surface area contributed by atoms with Gasteiger partial charge in [-0.05, 0) is 30.2 Å². The fourth-order valence-corrected chi connectivity index (χ4v) is 2.63. The van der Waals surface area contributed by atoms with Crippen molar-refractivity contribution in [3.05, 3.63) is 108 Å². The lowest BCUT2D eigenvalue weighted by Gasteiger charge is -2.25. The van der Waals surface area contributed by atoms with Gasteiger partial charge in [-0.3, -0.25) is 0 Å². The van der Waals surface area contributed by atoms with Crippen molar-refractivity contribution in [3.63, 3.8) is 0 Å². The second-order valence-electron chi connectivity index (χ2n) is 6.29. The molecule has 3 aromatic carbocycles. The molecule has 1 N–H and O–H groups in total. The Kier molecular flexibility index (Phi) is 5.91. The van der Waals surface area contributed by atoms with E-state index in [0.29, 0.717) is 0 Å².